The maximum absolute atomic E-state index is 13.2. The third-order valence-electron chi connectivity index (χ3n) is 5.51. The molecule has 5 nitrogen and oxygen atoms in total. The second-order valence-corrected chi connectivity index (χ2v) is 7.82. The molecular weight excluding hydrogens is 412 g/mol. The van der Waals surface area contributed by atoms with Crippen molar-refractivity contribution in [3.63, 3.8) is 0 Å². The molecule has 0 saturated heterocycles. The van der Waals surface area contributed by atoms with Gasteiger partial charge in [0.25, 0.3) is 5.91 Å². The Kier molecular flexibility index (Phi) is 5.87. The minimum absolute atomic E-state index is 0.103. The van der Waals surface area contributed by atoms with Gasteiger partial charge in [-0.05, 0) is 54.3 Å². The number of amides is 1. The van der Waals surface area contributed by atoms with Gasteiger partial charge >= 0.3 is 0 Å². The molecule has 1 N–H and O–H groups in total. The lowest BCUT2D eigenvalue weighted by atomic mass is 9.93. The highest BCUT2D eigenvalue weighted by atomic mass is 35.5. The average Bonchev–Trinajstić information content (AvgIpc) is 3.06. The fraction of sp³-hybridized carbons (Fsp3) is 0.160. The van der Waals surface area contributed by atoms with Crippen molar-refractivity contribution in [2.45, 2.75) is 25.8 Å². The van der Waals surface area contributed by atoms with Gasteiger partial charge in [-0.1, -0.05) is 48.0 Å². The van der Waals surface area contributed by atoms with Crippen LogP contribution in [0.4, 0.5) is 5.69 Å². The molecular formula is C25H21ClN2O3. The Morgan fingerprint density at radius 3 is 2.48 bits per heavy atom. The van der Waals surface area contributed by atoms with E-state index < -0.39 is 17.7 Å². The van der Waals surface area contributed by atoms with Crippen molar-refractivity contribution >= 4 is 29.0 Å². The second-order valence-electron chi connectivity index (χ2n) is 7.41. The number of carbonyl (C=O) groups excluding carboxylic acids is 2. The van der Waals surface area contributed by atoms with Gasteiger partial charge in [-0.15, -0.1) is 0 Å². The number of hydrogen-bond acceptors (Lipinski definition) is 4. The average molecular weight is 433 g/mol. The van der Waals surface area contributed by atoms with E-state index in [0.717, 1.165) is 5.56 Å². The number of aromatic nitrogens is 1. The van der Waals surface area contributed by atoms with Crippen LogP contribution in [0.5, 0.6) is 0 Å². The number of aryl methyl sites for hydroxylation is 1. The summed E-state index contributed by atoms with van der Waals surface area (Å²) in [5.74, 6) is -1.40. The molecule has 0 spiro atoms. The number of rotatable bonds is 6. The Hall–Kier alpha value is -3.44. The molecule has 0 aliphatic carbocycles. The number of aliphatic hydroxyl groups excluding tert-OH is 1. The van der Waals surface area contributed by atoms with Gasteiger partial charge < -0.3 is 5.11 Å². The Morgan fingerprint density at radius 1 is 1.06 bits per heavy atom. The zero-order valence-electron chi connectivity index (χ0n) is 17.0. The van der Waals surface area contributed by atoms with Crippen molar-refractivity contribution in [2.24, 2.45) is 0 Å². The molecule has 31 heavy (non-hydrogen) atoms. The van der Waals surface area contributed by atoms with Gasteiger partial charge in [-0.25, -0.2) is 0 Å². The third kappa shape index (κ3) is 3.97. The number of nitrogens with zero attached hydrogens (tertiary/aromatic N) is 2. The predicted molar refractivity (Wildman–Crippen MR) is 120 cm³/mol. The van der Waals surface area contributed by atoms with Crippen molar-refractivity contribution in [1.29, 1.82) is 0 Å². The van der Waals surface area contributed by atoms with Gasteiger partial charge in [0.05, 0.1) is 11.6 Å². The summed E-state index contributed by atoms with van der Waals surface area (Å²) in [6.45, 7) is 1.81. The van der Waals surface area contributed by atoms with Gasteiger partial charge in [0.1, 0.15) is 0 Å². The lowest BCUT2D eigenvalue weighted by Crippen LogP contribution is -2.31. The van der Waals surface area contributed by atoms with Crippen LogP contribution in [0.2, 0.25) is 5.02 Å². The first-order valence-electron chi connectivity index (χ1n) is 9.98. The van der Waals surface area contributed by atoms with Gasteiger partial charge in [-0.3, -0.25) is 19.5 Å². The zero-order valence-corrected chi connectivity index (χ0v) is 17.7. The summed E-state index contributed by atoms with van der Waals surface area (Å²) in [7, 11) is 0. The minimum Gasteiger partial charge on any atom is -0.503 e. The van der Waals surface area contributed by atoms with Crippen LogP contribution in [0.15, 0.2) is 84.4 Å². The molecule has 0 fully saturated rings. The molecule has 1 aromatic heterocycles. The van der Waals surface area contributed by atoms with Crippen molar-refractivity contribution in [3.8, 4) is 0 Å². The Balaban J connectivity index is 1.75. The van der Waals surface area contributed by atoms with Crippen LogP contribution in [0.25, 0.3) is 0 Å². The van der Waals surface area contributed by atoms with Gasteiger partial charge in [0.15, 0.2) is 11.5 Å². The number of carbonyl (C=O) groups is 2. The summed E-state index contributed by atoms with van der Waals surface area (Å²) < 4.78 is 0. The lowest BCUT2D eigenvalue weighted by Gasteiger charge is -2.28. The summed E-state index contributed by atoms with van der Waals surface area (Å²) in [4.78, 5) is 31.9. The number of anilines is 1. The van der Waals surface area contributed by atoms with Crippen molar-refractivity contribution < 1.29 is 14.7 Å². The largest absolute Gasteiger partial charge is 0.503 e. The Bertz CT molecular complexity index is 1160. The van der Waals surface area contributed by atoms with Crippen LogP contribution in [-0.4, -0.2) is 21.8 Å². The quantitative estimate of drug-likeness (QED) is 0.585. The summed E-state index contributed by atoms with van der Waals surface area (Å²) in [6, 6.07) is 17.6. The number of benzene rings is 2. The topological polar surface area (TPSA) is 70.5 Å². The number of halogens is 1. The molecule has 2 heterocycles. The first kappa shape index (κ1) is 20.8. The van der Waals surface area contributed by atoms with Gasteiger partial charge in [-0.2, -0.15) is 0 Å². The van der Waals surface area contributed by atoms with E-state index in [0.29, 0.717) is 28.3 Å². The molecule has 6 heteroatoms. The highest BCUT2D eigenvalue weighted by Crippen LogP contribution is 2.43. The lowest BCUT2D eigenvalue weighted by molar-refractivity contribution is -0.118. The molecule has 1 atom stereocenters. The highest BCUT2D eigenvalue weighted by molar-refractivity contribution is 6.32. The molecule has 0 bridgehead atoms. The monoisotopic (exact) mass is 432 g/mol. The standard InChI is InChI=1S/C25H21ClN2O3/c1-16-19(26)8-5-9-20(16)28-23(18-12-14-27-15-13-18)22(24(30)25(28)31)21(29)11-10-17-6-3-2-4-7-17/h2-9,12-15,23,30H,10-11H2,1H3. The second kappa shape index (κ2) is 8.74. The fourth-order valence-corrected chi connectivity index (χ4v) is 4.06. The van der Waals surface area contributed by atoms with Gasteiger partial charge in [0.2, 0.25) is 0 Å². The van der Waals surface area contributed by atoms with Crippen molar-refractivity contribution in [3.05, 3.63) is 106 Å². The number of aliphatic hydroxyl groups is 1. The maximum Gasteiger partial charge on any atom is 0.294 e. The van der Waals surface area contributed by atoms with E-state index in [1.54, 1.807) is 49.6 Å². The van der Waals surface area contributed by atoms with E-state index in [1.807, 2.05) is 30.3 Å². The molecule has 1 aliphatic rings. The Labute approximate surface area is 185 Å². The van der Waals surface area contributed by atoms with Gasteiger partial charge in [0, 0.05) is 29.5 Å². The number of pyridine rings is 1. The fourth-order valence-electron chi connectivity index (χ4n) is 3.89. The summed E-state index contributed by atoms with van der Waals surface area (Å²) in [5, 5.41) is 11.3. The normalized spacial score (nSPS) is 16.1. The van der Waals surface area contributed by atoms with E-state index in [-0.39, 0.29) is 17.8 Å². The van der Waals surface area contributed by atoms with E-state index in [9.17, 15) is 14.7 Å². The van der Waals surface area contributed by atoms with Crippen molar-refractivity contribution in [2.75, 3.05) is 4.90 Å². The van der Waals surface area contributed by atoms with E-state index in [1.165, 1.54) is 4.90 Å². The van der Waals surface area contributed by atoms with Crippen LogP contribution < -0.4 is 4.90 Å². The van der Waals surface area contributed by atoms with Crippen LogP contribution in [-0.2, 0) is 16.0 Å². The number of ketones is 1. The van der Waals surface area contributed by atoms with Crippen molar-refractivity contribution in [1.82, 2.24) is 4.98 Å². The zero-order chi connectivity index (χ0) is 22.0. The first-order chi connectivity index (χ1) is 15.0. The first-order valence-corrected chi connectivity index (χ1v) is 10.4. The summed E-state index contributed by atoms with van der Waals surface area (Å²) >= 11 is 6.30. The molecule has 1 amide bonds. The maximum atomic E-state index is 13.2. The van der Waals surface area contributed by atoms with E-state index in [4.69, 9.17) is 11.6 Å². The van der Waals surface area contributed by atoms with E-state index in [2.05, 4.69) is 4.98 Å². The van der Waals surface area contributed by atoms with Crippen LogP contribution >= 0.6 is 11.6 Å². The number of Topliss-reactive ketones (excluding diaryl/α,β-unsaturated/α-hetero) is 1. The number of hydrogen-bond donors (Lipinski definition) is 1. The molecule has 0 saturated carbocycles. The SMILES string of the molecule is Cc1c(Cl)cccc1N1C(=O)C(O)=C(C(=O)CCc2ccccc2)C1c1ccncc1. The Morgan fingerprint density at radius 2 is 1.77 bits per heavy atom. The van der Waals surface area contributed by atoms with Crippen LogP contribution in [0.3, 0.4) is 0 Å². The molecule has 1 aliphatic heterocycles. The molecule has 156 valence electrons. The van der Waals surface area contributed by atoms with E-state index >= 15 is 0 Å². The molecule has 2 aromatic carbocycles. The molecule has 3 aromatic rings. The van der Waals surface area contributed by atoms with Crippen LogP contribution in [0.1, 0.15) is 29.2 Å². The summed E-state index contributed by atoms with van der Waals surface area (Å²) in [5.41, 5.74) is 3.06. The van der Waals surface area contributed by atoms with Crippen LogP contribution in [0, 0.1) is 6.92 Å². The highest BCUT2D eigenvalue weighted by Gasteiger charge is 2.44. The summed E-state index contributed by atoms with van der Waals surface area (Å²) in [6.07, 6.45) is 3.90. The molecule has 0 radical (unpaired) electrons. The predicted octanol–water partition coefficient (Wildman–Crippen LogP) is 5.15. The molecule has 1 unspecified atom stereocenters. The third-order valence-corrected chi connectivity index (χ3v) is 5.92. The molecule has 4 rings (SSSR count). The smallest absolute Gasteiger partial charge is 0.294 e. The minimum atomic E-state index is -0.754.